The van der Waals surface area contributed by atoms with Crippen LogP contribution in [0.15, 0.2) is 73.1 Å². The van der Waals surface area contributed by atoms with Gasteiger partial charge >= 0.3 is 0 Å². The van der Waals surface area contributed by atoms with Gasteiger partial charge in [-0.2, -0.15) is 0 Å². The highest BCUT2D eigenvalue weighted by Gasteiger charge is 2.34. The van der Waals surface area contributed by atoms with E-state index < -0.39 is 5.60 Å². The molecule has 2 N–H and O–H groups in total. The minimum absolute atomic E-state index is 0.0315. The van der Waals surface area contributed by atoms with Crippen molar-refractivity contribution in [3.8, 4) is 11.1 Å². The zero-order valence-corrected chi connectivity index (χ0v) is 22.1. The molecule has 5 aromatic rings. The Balaban J connectivity index is 1.19. The Morgan fingerprint density at radius 1 is 1.05 bits per heavy atom. The smallest absolute Gasteiger partial charge is 0.253 e. The van der Waals surface area contributed by atoms with E-state index in [-0.39, 0.29) is 5.91 Å². The highest BCUT2D eigenvalue weighted by Crippen LogP contribution is 2.35. The summed E-state index contributed by atoms with van der Waals surface area (Å²) >= 11 is 0. The van der Waals surface area contributed by atoms with E-state index in [2.05, 4.69) is 57.9 Å². The van der Waals surface area contributed by atoms with Crippen LogP contribution in [0.3, 0.4) is 0 Å². The van der Waals surface area contributed by atoms with Crippen LogP contribution in [-0.4, -0.2) is 62.5 Å². The molecule has 1 saturated heterocycles. The van der Waals surface area contributed by atoms with Gasteiger partial charge in [-0.25, -0.2) is 4.98 Å². The number of aromatic nitrogens is 3. The molecule has 0 bridgehead atoms. The van der Waals surface area contributed by atoms with E-state index in [1.54, 1.807) is 19.0 Å². The Bertz CT molecular complexity index is 1620. The summed E-state index contributed by atoms with van der Waals surface area (Å²) in [6.07, 6.45) is 5.16. The zero-order chi connectivity index (χ0) is 26.4. The van der Waals surface area contributed by atoms with E-state index in [0.717, 1.165) is 41.7 Å². The normalized spacial score (nSPS) is 15.8. The molecule has 0 spiro atoms. The van der Waals surface area contributed by atoms with Gasteiger partial charge in [-0.05, 0) is 77.4 Å². The number of fused-ring (bicyclic) bond motifs is 2. The SMILES string of the molecule is CN(C)C(=O)c1ccc(C2(O)CCN(Cc3cc4c(-c5ccc6[nH]ccc6c5)ccnc4n3C)CC2)cc1. The molecule has 1 aliphatic heterocycles. The molecule has 1 amide bonds. The molecule has 38 heavy (non-hydrogen) atoms. The first-order valence-electron chi connectivity index (χ1n) is 13.1. The molecule has 2 aromatic carbocycles. The van der Waals surface area contributed by atoms with Crippen LogP contribution in [0.4, 0.5) is 0 Å². The molecule has 0 unspecified atom stereocenters. The summed E-state index contributed by atoms with van der Waals surface area (Å²) in [6, 6.07) is 20.4. The zero-order valence-electron chi connectivity index (χ0n) is 22.1. The summed E-state index contributed by atoms with van der Waals surface area (Å²) in [7, 11) is 5.57. The number of piperidine rings is 1. The molecule has 194 valence electrons. The number of likely N-dealkylation sites (tertiary alicyclic amines) is 1. The molecular weight excluding hydrogens is 474 g/mol. The lowest BCUT2D eigenvalue weighted by Crippen LogP contribution is -2.42. The van der Waals surface area contributed by atoms with Crippen molar-refractivity contribution in [3.63, 3.8) is 0 Å². The number of aryl methyl sites for hydroxylation is 1. The van der Waals surface area contributed by atoms with Crippen molar-refractivity contribution in [1.29, 1.82) is 0 Å². The molecular formula is C31H33N5O2. The second-order valence-electron chi connectivity index (χ2n) is 10.7. The summed E-state index contributed by atoms with van der Waals surface area (Å²) in [5.41, 5.74) is 6.33. The van der Waals surface area contributed by atoms with Crippen molar-refractivity contribution < 1.29 is 9.90 Å². The summed E-state index contributed by atoms with van der Waals surface area (Å²) in [5, 5.41) is 13.8. The minimum Gasteiger partial charge on any atom is -0.385 e. The first-order valence-corrected chi connectivity index (χ1v) is 13.1. The van der Waals surface area contributed by atoms with Crippen molar-refractivity contribution >= 4 is 27.8 Å². The molecule has 0 saturated carbocycles. The van der Waals surface area contributed by atoms with E-state index >= 15 is 0 Å². The standard InChI is InChI=1S/C31H33N5O2/c1-34(2)30(37)21-4-7-24(8-5-21)31(38)12-16-36(17-13-31)20-25-19-27-26(11-15-33-29(27)35(25)3)22-6-9-28-23(18-22)10-14-32-28/h4-11,14-15,18-19,32,38H,12-13,16-17,20H2,1-3H3. The van der Waals surface area contributed by atoms with E-state index in [0.29, 0.717) is 18.4 Å². The number of carbonyl (C=O) groups is 1. The molecule has 1 aliphatic rings. The Labute approximate surface area is 222 Å². The number of rotatable bonds is 5. The van der Waals surface area contributed by atoms with Crippen molar-refractivity contribution in [3.05, 3.63) is 89.9 Å². The summed E-state index contributed by atoms with van der Waals surface area (Å²) in [4.78, 5) is 24.1. The lowest BCUT2D eigenvalue weighted by atomic mass is 9.84. The molecule has 0 radical (unpaired) electrons. The van der Waals surface area contributed by atoms with Gasteiger partial charge in [-0.1, -0.05) is 18.2 Å². The molecule has 6 rings (SSSR count). The largest absolute Gasteiger partial charge is 0.385 e. The van der Waals surface area contributed by atoms with E-state index in [4.69, 9.17) is 4.98 Å². The van der Waals surface area contributed by atoms with Gasteiger partial charge in [-0.3, -0.25) is 9.69 Å². The molecule has 0 atom stereocenters. The lowest BCUT2D eigenvalue weighted by molar-refractivity contribution is -0.0281. The third-order valence-electron chi connectivity index (χ3n) is 8.04. The number of hydrogen-bond acceptors (Lipinski definition) is 4. The number of hydrogen-bond donors (Lipinski definition) is 2. The van der Waals surface area contributed by atoms with Gasteiger partial charge in [0.15, 0.2) is 0 Å². The number of carbonyl (C=O) groups excluding carboxylic acids is 1. The highest BCUT2D eigenvalue weighted by atomic mass is 16.3. The predicted molar refractivity (Wildman–Crippen MR) is 151 cm³/mol. The van der Waals surface area contributed by atoms with Crippen LogP contribution in [-0.2, 0) is 19.2 Å². The van der Waals surface area contributed by atoms with Crippen LogP contribution in [0, 0.1) is 0 Å². The van der Waals surface area contributed by atoms with Crippen LogP contribution < -0.4 is 0 Å². The number of nitrogens with one attached hydrogen (secondary N) is 1. The van der Waals surface area contributed by atoms with Crippen LogP contribution >= 0.6 is 0 Å². The maximum Gasteiger partial charge on any atom is 0.253 e. The van der Waals surface area contributed by atoms with Crippen molar-refractivity contribution in [2.24, 2.45) is 7.05 Å². The maximum atomic E-state index is 12.2. The highest BCUT2D eigenvalue weighted by molar-refractivity contribution is 5.96. The van der Waals surface area contributed by atoms with Crippen LogP contribution in [0.2, 0.25) is 0 Å². The topological polar surface area (TPSA) is 77.4 Å². The van der Waals surface area contributed by atoms with E-state index in [1.165, 1.54) is 22.2 Å². The third-order valence-corrected chi connectivity index (χ3v) is 8.04. The molecule has 7 nitrogen and oxygen atoms in total. The number of aromatic amines is 1. The van der Waals surface area contributed by atoms with Crippen LogP contribution in [0.5, 0.6) is 0 Å². The van der Waals surface area contributed by atoms with E-state index in [9.17, 15) is 9.90 Å². The lowest BCUT2D eigenvalue weighted by Gasteiger charge is -2.38. The van der Waals surface area contributed by atoms with Gasteiger partial charge in [0.1, 0.15) is 5.65 Å². The summed E-state index contributed by atoms with van der Waals surface area (Å²) in [5.74, 6) is -0.0315. The number of H-pyrrole nitrogens is 1. The van der Waals surface area contributed by atoms with Gasteiger partial charge in [0.25, 0.3) is 5.91 Å². The van der Waals surface area contributed by atoms with Gasteiger partial charge in [-0.15, -0.1) is 0 Å². The van der Waals surface area contributed by atoms with Crippen LogP contribution in [0.1, 0.15) is 34.5 Å². The predicted octanol–water partition coefficient (Wildman–Crippen LogP) is 4.91. The quantitative estimate of drug-likeness (QED) is 0.355. The molecule has 1 fully saturated rings. The Hall–Kier alpha value is -3.94. The Morgan fingerprint density at radius 3 is 2.55 bits per heavy atom. The number of nitrogens with zero attached hydrogens (tertiary/aromatic N) is 4. The monoisotopic (exact) mass is 507 g/mol. The van der Waals surface area contributed by atoms with E-state index in [1.807, 2.05) is 36.7 Å². The van der Waals surface area contributed by atoms with Gasteiger partial charge in [0.2, 0.25) is 0 Å². The molecule has 4 heterocycles. The summed E-state index contributed by atoms with van der Waals surface area (Å²) in [6.45, 7) is 2.39. The summed E-state index contributed by atoms with van der Waals surface area (Å²) < 4.78 is 2.19. The van der Waals surface area contributed by atoms with Crippen molar-refractivity contribution in [2.75, 3.05) is 27.2 Å². The Kier molecular flexibility index (Phi) is 6.05. The Morgan fingerprint density at radius 2 is 1.82 bits per heavy atom. The number of amides is 1. The third kappa shape index (κ3) is 4.27. The number of aliphatic hydroxyl groups is 1. The van der Waals surface area contributed by atoms with Gasteiger partial charge < -0.3 is 19.6 Å². The van der Waals surface area contributed by atoms with Crippen LogP contribution in [0.25, 0.3) is 33.1 Å². The molecule has 3 aromatic heterocycles. The fraction of sp³-hybridized carbons (Fsp3) is 0.290. The average molecular weight is 508 g/mol. The second-order valence-corrected chi connectivity index (χ2v) is 10.7. The van der Waals surface area contributed by atoms with Crippen molar-refractivity contribution in [1.82, 2.24) is 24.3 Å². The van der Waals surface area contributed by atoms with Gasteiger partial charge in [0.05, 0.1) is 5.60 Å². The fourth-order valence-electron chi connectivity index (χ4n) is 5.68. The van der Waals surface area contributed by atoms with Gasteiger partial charge in [0, 0.05) is 75.3 Å². The fourth-order valence-corrected chi connectivity index (χ4v) is 5.68. The number of benzene rings is 2. The average Bonchev–Trinajstić information content (AvgIpc) is 3.53. The maximum absolute atomic E-state index is 12.2. The second kappa shape index (κ2) is 9.42. The minimum atomic E-state index is -0.874. The van der Waals surface area contributed by atoms with Crippen molar-refractivity contribution in [2.45, 2.75) is 25.0 Å². The number of pyridine rings is 1. The first-order chi connectivity index (χ1) is 18.3. The molecule has 7 heteroatoms. The first kappa shape index (κ1) is 24.4. The molecule has 0 aliphatic carbocycles.